The molecule has 0 saturated carbocycles. The molecular formula is C10H18N4S. The van der Waals surface area contributed by atoms with Gasteiger partial charge in [-0.2, -0.15) is 4.37 Å². The van der Waals surface area contributed by atoms with Crippen molar-refractivity contribution in [3.8, 4) is 0 Å². The molecule has 0 aromatic carbocycles. The molecule has 15 heavy (non-hydrogen) atoms. The van der Waals surface area contributed by atoms with Crippen molar-refractivity contribution in [2.75, 3.05) is 24.5 Å². The average Bonchev–Trinajstić information content (AvgIpc) is 2.67. The molecule has 4 nitrogen and oxygen atoms in total. The molecule has 2 N–H and O–H groups in total. The molecule has 0 atom stereocenters. The minimum Gasteiger partial charge on any atom is -0.347 e. The van der Waals surface area contributed by atoms with Crippen LogP contribution in [-0.2, 0) is 0 Å². The van der Waals surface area contributed by atoms with Crippen LogP contribution >= 0.6 is 11.5 Å². The molecule has 0 radical (unpaired) electrons. The molecule has 2 heterocycles. The zero-order valence-electron chi connectivity index (χ0n) is 9.15. The second-order valence-electron chi connectivity index (χ2n) is 4.13. The normalized spacial score (nSPS) is 18.4. The van der Waals surface area contributed by atoms with Crippen LogP contribution in [0.5, 0.6) is 0 Å². The molecule has 1 aromatic rings. The van der Waals surface area contributed by atoms with Gasteiger partial charge in [0.15, 0.2) is 0 Å². The van der Waals surface area contributed by atoms with E-state index in [1.54, 1.807) is 0 Å². The van der Waals surface area contributed by atoms with Crippen molar-refractivity contribution >= 4 is 16.7 Å². The summed E-state index contributed by atoms with van der Waals surface area (Å²) in [6.45, 7) is 4.99. The number of nitrogens with two attached hydrogens (primary N) is 1. The molecule has 84 valence electrons. The Morgan fingerprint density at radius 2 is 2.20 bits per heavy atom. The van der Waals surface area contributed by atoms with E-state index in [-0.39, 0.29) is 0 Å². The molecule has 0 bridgehead atoms. The van der Waals surface area contributed by atoms with Crippen molar-refractivity contribution in [2.45, 2.75) is 26.2 Å². The molecular weight excluding hydrogens is 208 g/mol. The van der Waals surface area contributed by atoms with Gasteiger partial charge in [-0.25, -0.2) is 4.98 Å². The van der Waals surface area contributed by atoms with Crippen molar-refractivity contribution in [1.82, 2.24) is 9.36 Å². The fourth-order valence-corrected chi connectivity index (χ4v) is 2.79. The van der Waals surface area contributed by atoms with E-state index < -0.39 is 0 Å². The number of nitrogens with zero attached hydrogens (tertiary/aromatic N) is 3. The predicted molar refractivity (Wildman–Crippen MR) is 63.3 cm³/mol. The lowest BCUT2D eigenvalue weighted by Crippen LogP contribution is -2.34. The highest BCUT2D eigenvalue weighted by Crippen LogP contribution is 2.25. The molecule has 5 heteroatoms. The summed E-state index contributed by atoms with van der Waals surface area (Å²) in [7, 11) is 0. The van der Waals surface area contributed by atoms with Crippen LogP contribution in [0.25, 0.3) is 0 Å². The van der Waals surface area contributed by atoms with Crippen molar-refractivity contribution in [3.63, 3.8) is 0 Å². The highest BCUT2D eigenvalue weighted by Gasteiger charge is 2.20. The molecule has 0 aliphatic carbocycles. The summed E-state index contributed by atoms with van der Waals surface area (Å²) >= 11 is 1.51. The maximum Gasteiger partial charge on any atom is 0.205 e. The smallest absolute Gasteiger partial charge is 0.205 e. The molecule has 1 aromatic heterocycles. The number of hydrogen-bond acceptors (Lipinski definition) is 5. The van der Waals surface area contributed by atoms with Gasteiger partial charge in [0.25, 0.3) is 0 Å². The quantitative estimate of drug-likeness (QED) is 0.846. The maximum atomic E-state index is 5.57. The lowest BCUT2D eigenvalue weighted by molar-refractivity contribution is 0.386. The Morgan fingerprint density at radius 3 is 2.73 bits per heavy atom. The Kier molecular flexibility index (Phi) is 3.53. The molecule has 2 rings (SSSR count). The first kappa shape index (κ1) is 10.8. The van der Waals surface area contributed by atoms with Crippen LogP contribution in [-0.4, -0.2) is 29.0 Å². The van der Waals surface area contributed by atoms with Crippen molar-refractivity contribution < 1.29 is 0 Å². The minimum absolute atomic E-state index is 0.820. The highest BCUT2D eigenvalue weighted by atomic mass is 32.1. The lowest BCUT2D eigenvalue weighted by Gasteiger charge is -2.31. The van der Waals surface area contributed by atoms with E-state index in [9.17, 15) is 0 Å². The highest BCUT2D eigenvalue weighted by molar-refractivity contribution is 7.09. The molecule has 0 spiro atoms. The van der Waals surface area contributed by atoms with Gasteiger partial charge in [0.05, 0.1) is 0 Å². The van der Waals surface area contributed by atoms with Gasteiger partial charge in [-0.05, 0) is 38.6 Å². The van der Waals surface area contributed by atoms with E-state index in [0.717, 1.165) is 36.5 Å². The molecule has 0 amide bonds. The number of aryl methyl sites for hydroxylation is 1. The first-order valence-electron chi connectivity index (χ1n) is 5.55. The summed E-state index contributed by atoms with van der Waals surface area (Å²) in [5, 5.41) is 1.08. The fraction of sp³-hybridized carbons (Fsp3) is 0.800. The first-order chi connectivity index (χ1) is 7.29. The number of hydrogen-bond donors (Lipinski definition) is 1. The monoisotopic (exact) mass is 226 g/mol. The molecule has 1 saturated heterocycles. The zero-order valence-corrected chi connectivity index (χ0v) is 9.96. The Labute approximate surface area is 94.7 Å². The second kappa shape index (κ2) is 4.90. The van der Waals surface area contributed by atoms with Crippen LogP contribution in [0.4, 0.5) is 5.13 Å². The summed E-state index contributed by atoms with van der Waals surface area (Å²) in [4.78, 5) is 6.76. The van der Waals surface area contributed by atoms with E-state index in [4.69, 9.17) is 5.73 Å². The fourth-order valence-electron chi connectivity index (χ4n) is 2.06. The average molecular weight is 226 g/mol. The SMILES string of the molecule is Cc1nsc(N2CCC(CCN)CC2)n1. The van der Waals surface area contributed by atoms with Crippen LogP contribution in [0.1, 0.15) is 25.1 Å². The number of piperidine rings is 1. The van der Waals surface area contributed by atoms with Crippen LogP contribution in [0.15, 0.2) is 0 Å². The molecule has 1 fully saturated rings. The second-order valence-corrected chi connectivity index (χ2v) is 4.86. The summed E-state index contributed by atoms with van der Waals surface area (Å²) < 4.78 is 4.22. The van der Waals surface area contributed by atoms with Gasteiger partial charge in [-0.1, -0.05) is 0 Å². The van der Waals surface area contributed by atoms with Crippen LogP contribution in [0.3, 0.4) is 0 Å². The Bertz CT molecular complexity index is 304. The number of rotatable bonds is 3. The number of anilines is 1. The predicted octanol–water partition coefficient (Wildman–Crippen LogP) is 1.41. The van der Waals surface area contributed by atoms with Gasteiger partial charge >= 0.3 is 0 Å². The largest absolute Gasteiger partial charge is 0.347 e. The Morgan fingerprint density at radius 1 is 1.47 bits per heavy atom. The van der Waals surface area contributed by atoms with E-state index in [1.807, 2.05) is 6.92 Å². The number of aromatic nitrogens is 2. The van der Waals surface area contributed by atoms with Crippen LogP contribution < -0.4 is 10.6 Å². The van der Waals surface area contributed by atoms with Gasteiger partial charge in [0.2, 0.25) is 5.13 Å². The van der Waals surface area contributed by atoms with Gasteiger partial charge < -0.3 is 10.6 Å². The summed E-state index contributed by atoms with van der Waals surface area (Å²) in [5.74, 6) is 1.71. The minimum atomic E-state index is 0.820. The third-order valence-corrected chi connectivity index (χ3v) is 3.85. The van der Waals surface area contributed by atoms with Crippen LogP contribution in [0, 0.1) is 12.8 Å². The summed E-state index contributed by atoms with van der Waals surface area (Å²) in [6, 6.07) is 0. The topological polar surface area (TPSA) is 55.0 Å². The van der Waals surface area contributed by atoms with E-state index >= 15 is 0 Å². The Hall–Kier alpha value is -0.680. The third kappa shape index (κ3) is 2.66. The van der Waals surface area contributed by atoms with Gasteiger partial charge in [0, 0.05) is 24.6 Å². The molecule has 0 unspecified atom stereocenters. The maximum absolute atomic E-state index is 5.57. The van der Waals surface area contributed by atoms with Crippen LogP contribution in [0.2, 0.25) is 0 Å². The van der Waals surface area contributed by atoms with E-state index in [2.05, 4.69) is 14.3 Å². The third-order valence-electron chi connectivity index (χ3n) is 2.98. The van der Waals surface area contributed by atoms with Crippen molar-refractivity contribution in [2.24, 2.45) is 11.7 Å². The van der Waals surface area contributed by atoms with Crippen molar-refractivity contribution in [3.05, 3.63) is 5.82 Å². The Balaban J connectivity index is 1.88. The molecule has 1 aliphatic heterocycles. The van der Waals surface area contributed by atoms with Gasteiger partial charge in [-0.15, -0.1) is 0 Å². The lowest BCUT2D eigenvalue weighted by atomic mass is 9.94. The van der Waals surface area contributed by atoms with E-state index in [0.29, 0.717) is 0 Å². The first-order valence-corrected chi connectivity index (χ1v) is 6.32. The zero-order chi connectivity index (χ0) is 10.7. The summed E-state index contributed by atoms with van der Waals surface area (Å²) in [5.41, 5.74) is 5.57. The van der Waals surface area contributed by atoms with Gasteiger partial charge in [0.1, 0.15) is 5.82 Å². The molecule has 1 aliphatic rings. The van der Waals surface area contributed by atoms with E-state index in [1.165, 1.54) is 30.8 Å². The summed E-state index contributed by atoms with van der Waals surface area (Å²) in [6.07, 6.45) is 3.66. The van der Waals surface area contributed by atoms with Gasteiger partial charge in [-0.3, -0.25) is 0 Å². The standard InChI is InChI=1S/C10H18N4S/c1-8-12-10(15-13-8)14-6-3-9(2-5-11)4-7-14/h9H,2-7,11H2,1H3. The van der Waals surface area contributed by atoms with Crippen molar-refractivity contribution in [1.29, 1.82) is 0 Å².